The predicted molar refractivity (Wildman–Crippen MR) is 117 cm³/mol. The molecule has 7 heteroatoms. The number of thioether (sulfide) groups is 1. The lowest BCUT2D eigenvalue weighted by Crippen LogP contribution is -2.25. The van der Waals surface area contributed by atoms with Crippen LogP contribution >= 0.6 is 11.8 Å². The van der Waals surface area contributed by atoms with E-state index in [2.05, 4.69) is 10.3 Å². The lowest BCUT2D eigenvalue weighted by atomic mass is 10.1. The zero-order chi connectivity index (χ0) is 20.9. The number of nitrogens with zero attached hydrogens (tertiary/aromatic N) is 1. The van der Waals surface area contributed by atoms with Gasteiger partial charge in [-0.2, -0.15) is 0 Å². The molecule has 2 aromatic carbocycles. The van der Waals surface area contributed by atoms with Gasteiger partial charge in [0.2, 0.25) is 0 Å². The maximum absolute atomic E-state index is 12.7. The molecule has 0 aliphatic heterocycles. The van der Waals surface area contributed by atoms with Crippen molar-refractivity contribution >= 4 is 28.6 Å². The standard InChI is InChI=1S/C23H24N2O4S/c1-28-17-8-10-18(11-9-17)29-13-16(26)14-30-22-12-20(23(27)24-15-6-7-15)19-4-2-3-5-21(19)25-22/h2-5,8-12,15-16,26H,6-7,13-14H2,1H3,(H,24,27). The van der Waals surface area contributed by atoms with Crippen LogP contribution in [0.5, 0.6) is 11.5 Å². The molecule has 1 aliphatic rings. The van der Waals surface area contributed by atoms with Crippen molar-refractivity contribution in [3.8, 4) is 11.5 Å². The van der Waals surface area contributed by atoms with Gasteiger partial charge in [0.05, 0.1) is 29.3 Å². The van der Waals surface area contributed by atoms with Gasteiger partial charge in [-0.25, -0.2) is 4.98 Å². The fourth-order valence-corrected chi connectivity index (χ4v) is 3.82. The van der Waals surface area contributed by atoms with Crippen LogP contribution in [0, 0.1) is 0 Å². The molecule has 1 saturated carbocycles. The molecule has 1 amide bonds. The molecule has 0 radical (unpaired) electrons. The highest BCUT2D eigenvalue weighted by Gasteiger charge is 2.25. The number of aromatic nitrogens is 1. The van der Waals surface area contributed by atoms with Gasteiger partial charge >= 0.3 is 0 Å². The molecule has 0 bridgehead atoms. The molecule has 1 atom stereocenters. The van der Waals surface area contributed by atoms with Crippen LogP contribution in [0.1, 0.15) is 23.2 Å². The number of carbonyl (C=O) groups is 1. The van der Waals surface area contributed by atoms with Gasteiger partial charge in [-0.1, -0.05) is 18.2 Å². The van der Waals surface area contributed by atoms with Crippen LogP contribution < -0.4 is 14.8 Å². The van der Waals surface area contributed by atoms with Crippen molar-refractivity contribution in [3.63, 3.8) is 0 Å². The van der Waals surface area contributed by atoms with Crippen LogP contribution in [-0.4, -0.2) is 47.6 Å². The van der Waals surface area contributed by atoms with Crippen LogP contribution in [0.3, 0.4) is 0 Å². The zero-order valence-electron chi connectivity index (χ0n) is 16.7. The maximum atomic E-state index is 12.7. The number of fused-ring (bicyclic) bond motifs is 1. The quantitative estimate of drug-likeness (QED) is 0.510. The molecular formula is C23H24N2O4S. The second kappa shape index (κ2) is 9.36. The second-order valence-corrected chi connectivity index (χ2v) is 8.26. The molecule has 1 aromatic heterocycles. The van der Waals surface area contributed by atoms with Crippen molar-refractivity contribution in [2.45, 2.75) is 30.0 Å². The Morgan fingerprint density at radius 1 is 1.20 bits per heavy atom. The Morgan fingerprint density at radius 2 is 1.93 bits per heavy atom. The summed E-state index contributed by atoms with van der Waals surface area (Å²) in [4.78, 5) is 17.3. The fourth-order valence-electron chi connectivity index (χ4n) is 3.00. The Labute approximate surface area is 179 Å². The van der Waals surface area contributed by atoms with E-state index < -0.39 is 6.10 Å². The van der Waals surface area contributed by atoms with E-state index in [1.54, 1.807) is 19.2 Å². The van der Waals surface area contributed by atoms with E-state index in [1.807, 2.05) is 42.5 Å². The highest BCUT2D eigenvalue weighted by molar-refractivity contribution is 7.99. The van der Waals surface area contributed by atoms with Crippen LogP contribution in [-0.2, 0) is 0 Å². The number of carbonyl (C=O) groups excluding carboxylic acids is 1. The lowest BCUT2D eigenvalue weighted by Gasteiger charge is -2.13. The molecule has 156 valence electrons. The first-order chi connectivity index (χ1) is 14.6. The molecule has 4 rings (SSSR count). The Hall–Kier alpha value is -2.77. The van der Waals surface area contributed by atoms with Crippen LogP contribution in [0.4, 0.5) is 0 Å². The van der Waals surface area contributed by atoms with Gasteiger partial charge in [-0.15, -0.1) is 11.8 Å². The summed E-state index contributed by atoms with van der Waals surface area (Å²) < 4.78 is 10.8. The Balaban J connectivity index is 1.39. The molecule has 1 aliphatic carbocycles. The maximum Gasteiger partial charge on any atom is 0.252 e. The Morgan fingerprint density at radius 3 is 2.67 bits per heavy atom. The van der Waals surface area contributed by atoms with Gasteiger partial charge in [0.25, 0.3) is 5.91 Å². The third kappa shape index (κ3) is 5.23. The highest BCUT2D eigenvalue weighted by Crippen LogP contribution is 2.26. The van der Waals surface area contributed by atoms with Crippen molar-refractivity contribution < 1.29 is 19.4 Å². The van der Waals surface area contributed by atoms with Crippen LogP contribution in [0.25, 0.3) is 10.9 Å². The second-order valence-electron chi connectivity index (χ2n) is 7.22. The third-order valence-corrected chi connectivity index (χ3v) is 5.83. The number of hydrogen-bond acceptors (Lipinski definition) is 6. The number of rotatable bonds is 9. The molecule has 2 N–H and O–H groups in total. The normalized spacial score (nSPS) is 14.3. The first-order valence-electron chi connectivity index (χ1n) is 9.91. The topological polar surface area (TPSA) is 80.7 Å². The summed E-state index contributed by atoms with van der Waals surface area (Å²) in [6.07, 6.45) is 1.40. The lowest BCUT2D eigenvalue weighted by molar-refractivity contribution is 0.0952. The molecule has 0 spiro atoms. The molecule has 1 unspecified atom stereocenters. The largest absolute Gasteiger partial charge is 0.497 e. The molecule has 1 fully saturated rings. The zero-order valence-corrected chi connectivity index (χ0v) is 17.5. The number of pyridine rings is 1. The van der Waals surface area contributed by atoms with E-state index in [0.29, 0.717) is 22.1 Å². The number of methoxy groups -OCH3 is 1. The van der Waals surface area contributed by atoms with Crippen LogP contribution in [0.15, 0.2) is 59.6 Å². The summed E-state index contributed by atoms with van der Waals surface area (Å²) in [5.74, 6) is 1.76. The number of para-hydroxylation sites is 1. The monoisotopic (exact) mass is 424 g/mol. The minimum absolute atomic E-state index is 0.0682. The van der Waals surface area contributed by atoms with E-state index in [1.165, 1.54) is 11.8 Å². The number of aliphatic hydroxyl groups is 1. The van der Waals surface area contributed by atoms with Crippen LogP contribution in [0.2, 0.25) is 0 Å². The van der Waals surface area contributed by atoms with Crippen molar-refractivity contribution in [2.75, 3.05) is 19.5 Å². The van der Waals surface area contributed by atoms with E-state index in [-0.39, 0.29) is 18.6 Å². The summed E-state index contributed by atoms with van der Waals surface area (Å²) in [5.41, 5.74) is 1.39. The smallest absolute Gasteiger partial charge is 0.252 e. The predicted octanol–water partition coefficient (Wildman–Crippen LogP) is 3.67. The summed E-state index contributed by atoms with van der Waals surface area (Å²) in [6.45, 7) is 0.169. The summed E-state index contributed by atoms with van der Waals surface area (Å²) >= 11 is 1.41. The average molecular weight is 425 g/mol. The van der Waals surface area contributed by atoms with Gasteiger partial charge < -0.3 is 19.9 Å². The van der Waals surface area contributed by atoms with Crippen molar-refractivity contribution in [3.05, 3.63) is 60.2 Å². The molecular weight excluding hydrogens is 400 g/mol. The molecule has 30 heavy (non-hydrogen) atoms. The van der Waals surface area contributed by atoms with Crippen molar-refractivity contribution in [1.29, 1.82) is 0 Å². The Kier molecular flexibility index (Phi) is 6.40. The number of amides is 1. The third-order valence-electron chi connectivity index (χ3n) is 4.78. The van der Waals surface area contributed by atoms with E-state index in [0.717, 1.165) is 29.5 Å². The minimum Gasteiger partial charge on any atom is -0.497 e. The number of hydrogen-bond donors (Lipinski definition) is 2. The van der Waals surface area contributed by atoms with Gasteiger partial charge in [-0.3, -0.25) is 4.79 Å². The van der Waals surface area contributed by atoms with E-state index in [9.17, 15) is 9.90 Å². The number of aliphatic hydroxyl groups excluding tert-OH is 1. The molecule has 3 aromatic rings. The molecule has 0 saturated heterocycles. The van der Waals surface area contributed by atoms with E-state index in [4.69, 9.17) is 9.47 Å². The molecule has 1 heterocycles. The SMILES string of the molecule is COc1ccc(OCC(O)CSc2cc(C(=O)NC3CC3)c3ccccc3n2)cc1. The summed E-state index contributed by atoms with van der Waals surface area (Å²) in [7, 11) is 1.61. The van der Waals surface area contributed by atoms with Gasteiger partial charge in [0.15, 0.2) is 0 Å². The van der Waals surface area contributed by atoms with Gasteiger partial charge in [-0.05, 0) is 49.2 Å². The number of ether oxygens (including phenoxy) is 2. The average Bonchev–Trinajstić information content (AvgIpc) is 3.60. The number of nitrogens with one attached hydrogen (secondary N) is 1. The van der Waals surface area contributed by atoms with Gasteiger partial charge in [0, 0.05) is 17.2 Å². The Bertz CT molecular complexity index is 1020. The van der Waals surface area contributed by atoms with E-state index >= 15 is 0 Å². The first kappa shape index (κ1) is 20.5. The minimum atomic E-state index is -0.672. The summed E-state index contributed by atoms with van der Waals surface area (Å²) in [5, 5.41) is 14.9. The first-order valence-corrected chi connectivity index (χ1v) is 10.9. The van der Waals surface area contributed by atoms with Crippen molar-refractivity contribution in [2.24, 2.45) is 0 Å². The molecule has 6 nitrogen and oxygen atoms in total. The number of benzene rings is 2. The highest BCUT2D eigenvalue weighted by atomic mass is 32.2. The van der Waals surface area contributed by atoms with Gasteiger partial charge in [0.1, 0.15) is 18.1 Å². The summed E-state index contributed by atoms with van der Waals surface area (Å²) in [6, 6.07) is 16.9. The van der Waals surface area contributed by atoms with Crippen molar-refractivity contribution in [1.82, 2.24) is 10.3 Å². The fraction of sp³-hybridized carbons (Fsp3) is 0.304.